The SMILES string of the molecule is CCOC(=O)/C=C/C=C/CC[C@@H](OC(=O)Nc1ccc(F)cc1F)c1ccc(OCCO[Si](CCC(F)(F)C(F)(F)C(F)(F)C(F)(F)C(F)(F)C(F)(F)C(F)(F)C(F)(F)F)(C(C)C)C(C)C)cc1. The van der Waals surface area contributed by atoms with Crippen LogP contribution in [0.5, 0.6) is 5.75 Å². The first-order valence-electron chi connectivity index (χ1n) is 19.9. The molecule has 0 aromatic heterocycles. The van der Waals surface area contributed by atoms with Gasteiger partial charge in [-0.1, -0.05) is 58.1 Å². The summed E-state index contributed by atoms with van der Waals surface area (Å²) in [6.45, 7) is 5.87. The molecule has 0 aliphatic heterocycles. The number of rotatable bonds is 25. The number of ether oxygens (including phenoxy) is 3. The molecule has 0 aliphatic carbocycles. The van der Waals surface area contributed by atoms with Crippen LogP contribution in [-0.2, 0) is 18.7 Å². The molecule has 1 atom stereocenters. The number of anilines is 1. The van der Waals surface area contributed by atoms with E-state index < -0.39 is 128 Å². The number of nitrogens with one attached hydrogen (secondary N) is 1. The van der Waals surface area contributed by atoms with Crippen molar-refractivity contribution in [1.29, 1.82) is 0 Å². The quantitative estimate of drug-likeness (QED) is 0.0266. The summed E-state index contributed by atoms with van der Waals surface area (Å²) in [7, 11) is -4.05. The second kappa shape index (κ2) is 22.4. The van der Waals surface area contributed by atoms with Gasteiger partial charge < -0.3 is 18.6 Å². The van der Waals surface area contributed by atoms with Gasteiger partial charge >= 0.3 is 59.7 Å². The number of hydrogen-bond acceptors (Lipinski definition) is 6. The van der Waals surface area contributed by atoms with Gasteiger partial charge in [0.25, 0.3) is 0 Å². The van der Waals surface area contributed by atoms with Crippen molar-refractivity contribution < 1.29 is 112 Å². The number of esters is 1. The highest BCUT2D eigenvalue weighted by Gasteiger charge is 2.95. The highest BCUT2D eigenvalue weighted by atomic mass is 28.4. The summed E-state index contributed by atoms with van der Waals surface area (Å²) in [6.07, 6.45) is -6.72. The van der Waals surface area contributed by atoms with E-state index in [0.717, 1.165) is 18.2 Å². The van der Waals surface area contributed by atoms with Gasteiger partial charge in [-0.25, -0.2) is 18.4 Å². The second-order valence-corrected chi connectivity index (χ2v) is 20.4. The van der Waals surface area contributed by atoms with Crippen LogP contribution in [0.4, 0.5) is 93.9 Å². The topological polar surface area (TPSA) is 83.1 Å². The van der Waals surface area contributed by atoms with Crippen LogP contribution in [0, 0.1) is 11.6 Å². The first-order chi connectivity index (χ1) is 30.9. The first kappa shape index (κ1) is 59.4. The minimum atomic E-state index is -8.72. The predicted molar refractivity (Wildman–Crippen MR) is 207 cm³/mol. The van der Waals surface area contributed by atoms with E-state index in [2.05, 4.69) is 5.32 Å². The highest BCUT2D eigenvalue weighted by molar-refractivity contribution is 6.76. The van der Waals surface area contributed by atoms with Crippen molar-refractivity contribution in [3.05, 3.63) is 84.0 Å². The molecule has 2 aromatic rings. The fraction of sp³-hybridized carbons (Fsp3) is 0.561. The largest absolute Gasteiger partial charge is 0.491 e. The van der Waals surface area contributed by atoms with Crippen LogP contribution < -0.4 is 10.1 Å². The average Bonchev–Trinajstić information content (AvgIpc) is 3.21. The van der Waals surface area contributed by atoms with E-state index in [4.69, 9.17) is 18.6 Å². The minimum absolute atomic E-state index is 0.0593. The summed E-state index contributed by atoms with van der Waals surface area (Å²) in [5.41, 5.74) is -1.93. The molecule has 0 bridgehead atoms. The lowest BCUT2D eigenvalue weighted by molar-refractivity contribution is -0.461. The van der Waals surface area contributed by atoms with E-state index in [0.29, 0.717) is 11.6 Å². The maximum absolute atomic E-state index is 15.0. The van der Waals surface area contributed by atoms with Crippen molar-refractivity contribution in [2.75, 3.05) is 25.1 Å². The standard InChI is InChI=1S/C41H44F19NO6Si/c1-6-64-32(62)12-10-8-7-9-11-31(67-33(63)61-30-18-15-27(42)23-29(30)43)26-13-16-28(17-14-26)65-20-21-66-68(24(2)3,25(4)5)22-19-34(44,45)35(46,47)36(48,49)37(50,51)38(52,53)39(54,55)40(56,57)41(58,59)60/h7-8,10,12-18,23-25,31H,6,9,11,19-22H2,1-5H3,(H,61,63)/b8-7+,12-10+/t31-/m1/s1. The molecule has 2 aromatic carbocycles. The first-order valence-corrected chi connectivity index (χ1v) is 22.2. The molecule has 0 heterocycles. The molecule has 0 radical (unpaired) electrons. The van der Waals surface area contributed by atoms with Gasteiger partial charge in [-0.2, -0.15) is 74.6 Å². The fourth-order valence-electron chi connectivity index (χ4n) is 6.43. The fourth-order valence-corrected chi connectivity index (χ4v) is 10.9. The van der Waals surface area contributed by atoms with E-state index in [1.165, 1.54) is 64.1 Å². The van der Waals surface area contributed by atoms with Gasteiger partial charge in [0.05, 0.1) is 18.9 Å². The summed E-state index contributed by atoms with van der Waals surface area (Å²) < 4.78 is 285. The van der Waals surface area contributed by atoms with Gasteiger partial charge in [-0.15, -0.1) is 0 Å². The number of carbonyl (C=O) groups is 2. The molecule has 0 fully saturated rings. The normalized spacial score (nSPS) is 14.6. The Kier molecular flexibility index (Phi) is 19.6. The van der Waals surface area contributed by atoms with E-state index in [1.807, 2.05) is 0 Å². The molecule has 27 heteroatoms. The summed E-state index contributed by atoms with van der Waals surface area (Å²) >= 11 is 0. The second-order valence-electron chi connectivity index (χ2n) is 15.4. The Hall–Kier alpha value is -4.69. The van der Waals surface area contributed by atoms with Gasteiger partial charge in [-0.3, -0.25) is 5.32 Å². The van der Waals surface area contributed by atoms with Crippen molar-refractivity contribution >= 4 is 26.1 Å². The molecule has 0 aliphatic rings. The Labute approximate surface area is 377 Å². The number of amides is 1. The van der Waals surface area contributed by atoms with Crippen LogP contribution in [0.1, 0.15) is 65.5 Å². The van der Waals surface area contributed by atoms with Crippen LogP contribution >= 0.6 is 0 Å². The maximum Gasteiger partial charge on any atom is 0.460 e. The Morgan fingerprint density at radius 1 is 0.691 bits per heavy atom. The summed E-state index contributed by atoms with van der Waals surface area (Å²) in [5, 5.41) is 2.13. The van der Waals surface area contributed by atoms with Gasteiger partial charge in [-0.05, 0) is 66.7 Å². The molecule has 0 saturated heterocycles. The van der Waals surface area contributed by atoms with Gasteiger partial charge in [0.15, 0.2) is 8.32 Å². The van der Waals surface area contributed by atoms with E-state index in [1.54, 1.807) is 13.0 Å². The molecule has 68 heavy (non-hydrogen) atoms. The highest BCUT2D eigenvalue weighted by Crippen LogP contribution is 2.64. The lowest BCUT2D eigenvalue weighted by atomic mass is 9.88. The van der Waals surface area contributed by atoms with Crippen LogP contribution in [0.2, 0.25) is 17.1 Å². The smallest absolute Gasteiger partial charge is 0.460 e. The number of halogens is 19. The lowest BCUT2D eigenvalue weighted by Gasteiger charge is -2.44. The number of benzene rings is 2. The molecular weight excluding hydrogens is 992 g/mol. The Morgan fingerprint density at radius 3 is 1.72 bits per heavy atom. The average molecular weight is 1040 g/mol. The molecule has 2 rings (SSSR count). The molecule has 0 unspecified atom stereocenters. The molecule has 0 saturated carbocycles. The Morgan fingerprint density at radius 2 is 1.22 bits per heavy atom. The molecule has 0 spiro atoms. The third-order valence-corrected chi connectivity index (χ3v) is 16.0. The van der Waals surface area contributed by atoms with E-state index >= 15 is 0 Å². The third kappa shape index (κ3) is 12.7. The molecule has 386 valence electrons. The maximum atomic E-state index is 15.0. The Balaban J connectivity index is 2.27. The third-order valence-electron chi connectivity index (χ3n) is 10.3. The zero-order valence-electron chi connectivity index (χ0n) is 36.2. The molecule has 1 amide bonds. The van der Waals surface area contributed by atoms with Crippen LogP contribution in [0.25, 0.3) is 0 Å². The lowest BCUT2D eigenvalue weighted by Crippen LogP contribution is -2.74. The Bertz CT molecular complexity index is 2040. The van der Waals surface area contributed by atoms with Crippen molar-refractivity contribution in [1.82, 2.24) is 0 Å². The summed E-state index contributed by atoms with van der Waals surface area (Å²) in [6, 6.07) is 6.43. The molecular formula is C41H44F19NO6Si. The zero-order chi connectivity index (χ0) is 52.5. The minimum Gasteiger partial charge on any atom is -0.491 e. The van der Waals surface area contributed by atoms with Gasteiger partial charge in [0, 0.05) is 18.6 Å². The van der Waals surface area contributed by atoms with E-state index in [9.17, 15) is 93.0 Å². The number of allylic oxidation sites excluding steroid dienone is 3. The van der Waals surface area contributed by atoms with Gasteiger partial charge in [0.1, 0.15) is 30.1 Å². The monoisotopic (exact) mass is 1040 g/mol. The summed E-state index contributed by atoms with van der Waals surface area (Å²) in [5.74, 6) is -59.6. The predicted octanol–water partition coefficient (Wildman–Crippen LogP) is 14.3. The van der Waals surface area contributed by atoms with Crippen molar-refractivity contribution in [3.63, 3.8) is 0 Å². The number of carbonyl (C=O) groups excluding carboxylic acids is 2. The number of hydrogen-bond donors (Lipinski definition) is 1. The zero-order valence-corrected chi connectivity index (χ0v) is 37.2. The van der Waals surface area contributed by atoms with Crippen molar-refractivity contribution in [3.8, 4) is 5.75 Å². The number of alkyl halides is 17. The van der Waals surface area contributed by atoms with Crippen LogP contribution in [0.3, 0.4) is 0 Å². The van der Waals surface area contributed by atoms with Crippen LogP contribution in [0.15, 0.2) is 66.8 Å². The van der Waals surface area contributed by atoms with Crippen molar-refractivity contribution in [2.24, 2.45) is 0 Å². The molecule has 1 N–H and O–H groups in total. The summed E-state index contributed by atoms with van der Waals surface area (Å²) in [4.78, 5) is 24.2. The molecule has 7 nitrogen and oxygen atoms in total. The van der Waals surface area contributed by atoms with E-state index in [-0.39, 0.29) is 25.2 Å². The van der Waals surface area contributed by atoms with Crippen molar-refractivity contribution in [2.45, 2.75) is 125 Å². The van der Waals surface area contributed by atoms with Gasteiger partial charge in [0.2, 0.25) is 0 Å². The van der Waals surface area contributed by atoms with Crippen LogP contribution in [-0.4, -0.2) is 87.8 Å².